The number of anilines is 4. The second-order valence-electron chi connectivity index (χ2n) is 5.06. The first-order valence-corrected chi connectivity index (χ1v) is 7.15. The molecule has 0 atom stereocenters. The number of rotatable bonds is 6. The number of halogens is 1. The third-order valence-electron chi connectivity index (χ3n) is 3.36. The standard InChI is InChI=1S/C17H22N4O.ClH/c18-14-3-5-16(19)12(10-14)2-1-8-21-15-4-6-17(20)13(11-15)7-9-22;/h1-6,10-11,21-22H,7-9,18-20H2;1H. The van der Waals surface area contributed by atoms with E-state index in [1.807, 2.05) is 36.4 Å². The highest BCUT2D eigenvalue weighted by Crippen LogP contribution is 2.19. The van der Waals surface area contributed by atoms with Crippen LogP contribution < -0.4 is 22.5 Å². The van der Waals surface area contributed by atoms with Gasteiger partial charge in [-0.1, -0.05) is 12.2 Å². The summed E-state index contributed by atoms with van der Waals surface area (Å²) in [6, 6.07) is 11.1. The molecule has 0 fully saturated rings. The average Bonchev–Trinajstić information content (AvgIpc) is 2.50. The van der Waals surface area contributed by atoms with Crippen molar-refractivity contribution in [3.8, 4) is 0 Å². The van der Waals surface area contributed by atoms with E-state index in [2.05, 4.69) is 5.32 Å². The number of nitrogen functional groups attached to an aromatic ring is 3. The van der Waals surface area contributed by atoms with E-state index in [1.54, 1.807) is 12.1 Å². The number of hydrogen-bond acceptors (Lipinski definition) is 5. The topological polar surface area (TPSA) is 110 Å². The van der Waals surface area contributed by atoms with Gasteiger partial charge in [-0.25, -0.2) is 0 Å². The second-order valence-corrected chi connectivity index (χ2v) is 5.06. The Morgan fingerprint density at radius 2 is 1.74 bits per heavy atom. The van der Waals surface area contributed by atoms with Crippen molar-refractivity contribution in [1.82, 2.24) is 0 Å². The van der Waals surface area contributed by atoms with Crippen LogP contribution in [0.2, 0.25) is 0 Å². The summed E-state index contributed by atoms with van der Waals surface area (Å²) in [7, 11) is 0. The SMILES string of the molecule is Cl.Nc1ccc(N)c(C=CCNc2ccc(N)c(CCO)c2)c1. The molecule has 0 radical (unpaired) electrons. The van der Waals surface area contributed by atoms with E-state index in [0.29, 0.717) is 30.0 Å². The molecule has 8 N–H and O–H groups in total. The number of aliphatic hydroxyl groups is 1. The van der Waals surface area contributed by atoms with Gasteiger partial charge in [-0.05, 0) is 53.9 Å². The Morgan fingerprint density at radius 3 is 2.48 bits per heavy atom. The lowest BCUT2D eigenvalue weighted by Crippen LogP contribution is -2.02. The smallest absolute Gasteiger partial charge is 0.0472 e. The van der Waals surface area contributed by atoms with Gasteiger partial charge in [-0.2, -0.15) is 0 Å². The minimum atomic E-state index is 0. The minimum Gasteiger partial charge on any atom is -0.399 e. The Hall–Kier alpha value is -2.37. The van der Waals surface area contributed by atoms with Gasteiger partial charge in [-0.3, -0.25) is 0 Å². The van der Waals surface area contributed by atoms with Crippen molar-refractivity contribution in [2.45, 2.75) is 6.42 Å². The highest BCUT2D eigenvalue weighted by atomic mass is 35.5. The lowest BCUT2D eigenvalue weighted by molar-refractivity contribution is 0.300. The minimum absolute atomic E-state index is 0. The molecular formula is C17H23ClN4O. The third-order valence-corrected chi connectivity index (χ3v) is 3.36. The zero-order valence-electron chi connectivity index (χ0n) is 12.8. The van der Waals surface area contributed by atoms with Crippen molar-refractivity contribution in [2.24, 2.45) is 0 Å². The Kier molecular flexibility index (Phi) is 7.25. The summed E-state index contributed by atoms with van der Waals surface area (Å²) in [4.78, 5) is 0. The summed E-state index contributed by atoms with van der Waals surface area (Å²) in [6.45, 7) is 0.735. The molecule has 124 valence electrons. The average molecular weight is 335 g/mol. The number of nitrogens with one attached hydrogen (secondary N) is 1. The van der Waals surface area contributed by atoms with Crippen LogP contribution in [0.15, 0.2) is 42.5 Å². The Balaban J connectivity index is 0.00000264. The van der Waals surface area contributed by atoms with Gasteiger partial charge in [0.15, 0.2) is 0 Å². The quantitative estimate of drug-likeness (QED) is 0.521. The Bertz CT molecular complexity index is 674. The lowest BCUT2D eigenvalue weighted by Gasteiger charge is -2.09. The van der Waals surface area contributed by atoms with Crippen molar-refractivity contribution >= 4 is 41.2 Å². The van der Waals surface area contributed by atoms with Crippen LogP contribution in [0.4, 0.5) is 22.7 Å². The Labute approximate surface area is 142 Å². The molecule has 0 unspecified atom stereocenters. The molecular weight excluding hydrogens is 312 g/mol. The lowest BCUT2D eigenvalue weighted by atomic mass is 10.1. The predicted octanol–water partition coefficient (Wildman–Crippen LogP) is 2.52. The molecule has 23 heavy (non-hydrogen) atoms. The molecule has 2 aromatic rings. The van der Waals surface area contributed by atoms with E-state index in [1.165, 1.54) is 0 Å². The zero-order chi connectivity index (χ0) is 15.9. The van der Waals surface area contributed by atoms with Gasteiger partial charge in [0.25, 0.3) is 0 Å². The van der Waals surface area contributed by atoms with Crippen LogP contribution in [0.25, 0.3) is 6.08 Å². The van der Waals surface area contributed by atoms with Crippen LogP contribution >= 0.6 is 12.4 Å². The number of hydrogen-bond donors (Lipinski definition) is 5. The fourth-order valence-electron chi connectivity index (χ4n) is 2.15. The molecule has 2 aromatic carbocycles. The van der Waals surface area contributed by atoms with E-state index in [9.17, 15) is 0 Å². The first kappa shape index (κ1) is 18.7. The molecule has 0 aliphatic rings. The maximum Gasteiger partial charge on any atom is 0.0472 e. The highest BCUT2D eigenvalue weighted by Gasteiger charge is 2.00. The summed E-state index contributed by atoms with van der Waals surface area (Å²) in [6.07, 6.45) is 4.47. The monoisotopic (exact) mass is 334 g/mol. The van der Waals surface area contributed by atoms with Gasteiger partial charge in [0, 0.05) is 35.9 Å². The molecule has 0 aliphatic carbocycles. The molecule has 0 aromatic heterocycles. The van der Waals surface area contributed by atoms with Crippen molar-refractivity contribution in [2.75, 3.05) is 35.7 Å². The zero-order valence-corrected chi connectivity index (χ0v) is 13.6. The van der Waals surface area contributed by atoms with Crippen LogP contribution in [0, 0.1) is 0 Å². The summed E-state index contributed by atoms with van der Waals surface area (Å²) < 4.78 is 0. The van der Waals surface area contributed by atoms with Gasteiger partial charge in [0.05, 0.1) is 0 Å². The number of benzene rings is 2. The van der Waals surface area contributed by atoms with E-state index in [0.717, 1.165) is 16.8 Å². The molecule has 0 bridgehead atoms. The molecule has 6 heteroatoms. The van der Waals surface area contributed by atoms with Crippen molar-refractivity contribution < 1.29 is 5.11 Å². The van der Waals surface area contributed by atoms with Crippen molar-refractivity contribution in [3.05, 3.63) is 53.6 Å². The summed E-state index contributed by atoms with van der Waals surface area (Å²) in [5.74, 6) is 0. The highest BCUT2D eigenvalue weighted by molar-refractivity contribution is 5.85. The van der Waals surface area contributed by atoms with E-state index < -0.39 is 0 Å². The van der Waals surface area contributed by atoms with Gasteiger partial charge in [0.1, 0.15) is 0 Å². The molecule has 2 rings (SSSR count). The molecule has 5 nitrogen and oxygen atoms in total. The first-order chi connectivity index (χ1) is 10.6. The maximum absolute atomic E-state index is 9.01. The number of nitrogens with two attached hydrogens (primary N) is 3. The fourth-order valence-corrected chi connectivity index (χ4v) is 2.15. The first-order valence-electron chi connectivity index (χ1n) is 7.15. The van der Waals surface area contributed by atoms with Crippen LogP contribution in [0.1, 0.15) is 11.1 Å². The molecule has 0 heterocycles. The number of aliphatic hydroxyl groups excluding tert-OH is 1. The molecule has 0 saturated heterocycles. The Morgan fingerprint density at radius 1 is 1.00 bits per heavy atom. The molecule has 0 saturated carbocycles. The predicted molar refractivity (Wildman–Crippen MR) is 102 cm³/mol. The van der Waals surface area contributed by atoms with Gasteiger partial charge >= 0.3 is 0 Å². The van der Waals surface area contributed by atoms with Crippen LogP contribution in [-0.4, -0.2) is 18.3 Å². The third kappa shape index (κ3) is 5.39. The second kappa shape index (κ2) is 8.92. The van der Waals surface area contributed by atoms with Gasteiger partial charge < -0.3 is 27.6 Å². The summed E-state index contributed by atoms with van der Waals surface area (Å²) in [5.41, 5.74) is 22.4. The fraction of sp³-hybridized carbons (Fsp3) is 0.176. The normalized spacial score (nSPS) is 10.5. The maximum atomic E-state index is 9.01. The van der Waals surface area contributed by atoms with E-state index in [4.69, 9.17) is 22.3 Å². The summed E-state index contributed by atoms with van der Waals surface area (Å²) >= 11 is 0. The molecule has 0 spiro atoms. The van der Waals surface area contributed by atoms with Gasteiger partial charge in [0.2, 0.25) is 0 Å². The van der Waals surface area contributed by atoms with Crippen LogP contribution in [0.3, 0.4) is 0 Å². The van der Waals surface area contributed by atoms with Gasteiger partial charge in [-0.15, -0.1) is 12.4 Å². The van der Waals surface area contributed by atoms with E-state index >= 15 is 0 Å². The van der Waals surface area contributed by atoms with Crippen LogP contribution in [0.5, 0.6) is 0 Å². The van der Waals surface area contributed by atoms with Crippen molar-refractivity contribution in [3.63, 3.8) is 0 Å². The van der Waals surface area contributed by atoms with Crippen molar-refractivity contribution in [1.29, 1.82) is 0 Å². The molecule has 0 aliphatic heterocycles. The van der Waals surface area contributed by atoms with Crippen LogP contribution in [-0.2, 0) is 6.42 Å². The summed E-state index contributed by atoms with van der Waals surface area (Å²) in [5, 5.41) is 12.3. The largest absolute Gasteiger partial charge is 0.399 e. The molecule has 0 amide bonds. The van der Waals surface area contributed by atoms with E-state index in [-0.39, 0.29) is 19.0 Å².